The Morgan fingerprint density at radius 3 is 2.67 bits per heavy atom. The van der Waals surface area contributed by atoms with Crippen molar-refractivity contribution < 1.29 is 4.79 Å². The van der Waals surface area contributed by atoms with Gasteiger partial charge in [-0.15, -0.1) is 0 Å². The van der Waals surface area contributed by atoms with Crippen LogP contribution in [-0.2, 0) is 0 Å². The van der Waals surface area contributed by atoms with Gasteiger partial charge in [-0.25, -0.2) is 9.78 Å². The fraction of sp³-hybridized carbons (Fsp3) is 0.368. The number of urea groups is 1. The highest BCUT2D eigenvalue weighted by Gasteiger charge is 2.14. The van der Waals surface area contributed by atoms with Gasteiger partial charge < -0.3 is 15.2 Å². The molecule has 2 N–H and O–H groups in total. The predicted octanol–water partition coefficient (Wildman–Crippen LogP) is 4.19. The Hall–Kier alpha value is -2.56. The molecule has 5 heteroatoms. The number of hydrogen-bond donors (Lipinski definition) is 2. The number of aryl methyl sites for hydroxylation is 1. The second-order valence-electron chi connectivity index (χ2n) is 6.24. The van der Waals surface area contributed by atoms with E-state index in [0.717, 1.165) is 30.0 Å². The number of hydrogen-bond acceptors (Lipinski definition) is 2. The number of carbonyl (C=O) groups is 1. The van der Waals surface area contributed by atoms with Crippen LogP contribution in [0.1, 0.15) is 38.4 Å². The van der Waals surface area contributed by atoms with Crippen molar-refractivity contribution >= 4 is 11.7 Å². The van der Waals surface area contributed by atoms with Crippen molar-refractivity contribution in [2.45, 2.75) is 45.6 Å². The average molecular weight is 324 g/mol. The van der Waals surface area contributed by atoms with Crippen molar-refractivity contribution in [3.8, 4) is 5.69 Å². The first-order valence-electron chi connectivity index (χ1n) is 8.50. The van der Waals surface area contributed by atoms with Gasteiger partial charge in [0, 0.05) is 29.8 Å². The van der Waals surface area contributed by atoms with Crippen LogP contribution in [0.4, 0.5) is 10.5 Å². The summed E-state index contributed by atoms with van der Waals surface area (Å²) >= 11 is 0. The van der Waals surface area contributed by atoms with Crippen LogP contribution in [0.25, 0.3) is 5.69 Å². The zero-order chi connectivity index (χ0) is 16.9. The van der Waals surface area contributed by atoms with Gasteiger partial charge in [-0.1, -0.05) is 11.6 Å². The number of anilines is 1. The Kier molecular flexibility index (Phi) is 4.99. The molecule has 0 aliphatic heterocycles. The Morgan fingerprint density at radius 1 is 1.25 bits per heavy atom. The van der Waals surface area contributed by atoms with Crippen LogP contribution in [0.15, 0.2) is 48.3 Å². The van der Waals surface area contributed by atoms with Crippen molar-refractivity contribution in [1.29, 1.82) is 0 Å². The molecule has 2 amide bonds. The van der Waals surface area contributed by atoms with Gasteiger partial charge in [-0.3, -0.25) is 0 Å². The molecular formula is C19H24N4O. The standard InChI is InChI=1S/C19H24N4O/c1-14(16-6-4-3-5-7-16)21-19(24)22-17-8-10-18(11-9-17)23-13-12-20-15(23)2/h6,8-14H,3-5,7H2,1-2H3,(H2,21,22,24)/t14-/m1/s1. The fourth-order valence-electron chi connectivity index (χ4n) is 3.07. The molecule has 1 aromatic heterocycles. The fourth-order valence-corrected chi connectivity index (χ4v) is 3.07. The van der Waals surface area contributed by atoms with Gasteiger partial charge >= 0.3 is 6.03 Å². The molecule has 24 heavy (non-hydrogen) atoms. The number of rotatable bonds is 4. The summed E-state index contributed by atoms with van der Waals surface area (Å²) < 4.78 is 2.00. The topological polar surface area (TPSA) is 59.0 Å². The smallest absolute Gasteiger partial charge is 0.319 e. The van der Waals surface area contributed by atoms with Gasteiger partial charge in [0.15, 0.2) is 0 Å². The van der Waals surface area contributed by atoms with E-state index in [1.54, 1.807) is 6.20 Å². The third kappa shape index (κ3) is 3.85. The van der Waals surface area contributed by atoms with Crippen LogP contribution < -0.4 is 10.6 Å². The van der Waals surface area contributed by atoms with Gasteiger partial charge in [0.1, 0.15) is 5.82 Å². The predicted molar refractivity (Wildman–Crippen MR) is 96.5 cm³/mol. The van der Waals surface area contributed by atoms with Gasteiger partial charge in [-0.2, -0.15) is 0 Å². The Balaban J connectivity index is 1.58. The third-order valence-electron chi connectivity index (χ3n) is 4.46. The Morgan fingerprint density at radius 2 is 2.04 bits per heavy atom. The lowest BCUT2D eigenvalue weighted by molar-refractivity contribution is 0.250. The minimum atomic E-state index is -0.166. The van der Waals surface area contributed by atoms with Gasteiger partial charge in [0.2, 0.25) is 0 Å². The minimum Gasteiger partial charge on any atom is -0.332 e. The number of nitrogens with one attached hydrogen (secondary N) is 2. The number of allylic oxidation sites excluding steroid dienone is 1. The molecule has 1 aromatic carbocycles. The van der Waals surface area contributed by atoms with Crippen LogP contribution in [-0.4, -0.2) is 21.6 Å². The maximum atomic E-state index is 12.2. The van der Waals surface area contributed by atoms with Crippen LogP contribution >= 0.6 is 0 Å². The minimum absolute atomic E-state index is 0.0816. The first kappa shape index (κ1) is 16.3. The summed E-state index contributed by atoms with van der Waals surface area (Å²) in [4.78, 5) is 16.4. The van der Waals surface area contributed by atoms with E-state index < -0.39 is 0 Å². The highest BCUT2D eigenvalue weighted by molar-refractivity contribution is 5.89. The summed E-state index contributed by atoms with van der Waals surface area (Å²) in [7, 11) is 0. The molecule has 126 valence electrons. The molecule has 0 saturated carbocycles. The van der Waals surface area contributed by atoms with Crippen molar-refractivity contribution in [3.63, 3.8) is 0 Å². The second kappa shape index (κ2) is 7.34. The highest BCUT2D eigenvalue weighted by Crippen LogP contribution is 2.20. The molecule has 3 rings (SSSR count). The molecule has 0 unspecified atom stereocenters. The summed E-state index contributed by atoms with van der Waals surface area (Å²) in [5.41, 5.74) is 3.14. The van der Waals surface area contributed by atoms with Crippen molar-refractivity contribution in [2.24, 2.45) is 0 Å². The number of nitrogens with zero attached hydrogens (tertiary/aromatic N) is 2. The van der Waals surface area contributed by atoms with E-state index in [0.29, 0.717) is 0 Å². The molecule has 0 spiro atoms. The van der Waals surface area contributed by atoms with E-state index in [-0.39, 0.29) is 12.1 Å². The summed E-state index contributed by atoms with van der Waals surface area (Å²) in [5, 5.41) is 5.91. The average Bonchev–Trinajstić information content (AvgIpc) is 3.02. The lowest BCUT2D eigenvalue weighted by Crippen LogP contribution is -2.37. The Bertz CT molecular complexity index is 730. The molecular weight excluding hydrogens is 300 g/mol. The van der Waals surface area contributed by atoms with E-state index in [4.69, 9.17) is 0 Å². The first-order valence-corrected chi connectivity index (χ1v) is 8.50. The molecule has 0 saturated heterocycles. The van der Waals surface area contributed by atoms with Crippen LogP contribution in [0, 0.1) is 6.92 Å². The SMILES string of the molecule is Cc1nccn1-c1ccc(NC(=O)N[C@H](C)C2=CCCCC2)cc1. The van der Waals surface area contributed by atoms with E-state index >= 15 is 0 Å². The van der Waals surface area contributed by atoms with Gasteiger partial charge in [-0.05, 0) is 63.8 Å². The van der Waals surface area contributed by atoms with E-state index in [2.05, 4.69) is 21.7 Å². The molecule has 1 atom stereocenters. The van der Waals surface area contributed by atoms with Crippen LogP contribution in [0.3, 0.4) is 0 Å². The molecule has 0 radical (unpaired) electrons. The summed E-state index contributed by atoms with van der Waals surface area (Å²) in [5.74, 6) is 0.933. The van der Waals surface area contributed by atoms with Gasteiger partial charge in [0.05, 0.1) is 0 Å². The number of aromatic nitrogens is 2. The maximum absolute atomic E-state index is 12.2. The number of carbonyl (C=O) groups excluding carboxylic acids is 1. The van der Waals surface area contributed by atoms with E-state index in [1.165, 1.54) is 18.4 Å². The number of imidazole rings is 1. The van der Waals surface area contributed by atoms with Crippen LogP contribution in [0.2, 0.25) is 0 Å². The quantitative estimate of drug-likeness (QED) is 0.828. The van der Waals surface area contributed by atoms with Crippen LogP contribution in [0.5, 0.6) is 0 Å². The zero-order valence-corrected chi connectivity index (χ0v) is 14.2. The number of amides is 2. The van der Waals surface area contributed by atoms with E-state index in [9.17, 15) is 4.79 Å². The lowest BCUT2D eigenvalue weighted by Gasteiger charge is -2.21. The summed E-state index contributed by atoms with van der Waals surface area (Å²) in [6.07, 6.45) is 10.6. The zero-order valence-electron chi connectivity index (χ0n) is 14.2. The molecule has 0 bridgehead atoms. The molecule has 1 aliphatic rings. The molecule has 1 aliphatic carbocycles. The normalized spacial score (nSPS) is 15.5. The maximum Gasteiger partial charge on any atom is 0.319 e. The summed E-state index contributed by atoms with van der Waals surface area (Å²) in [6.45, 7) is 4.00. The Labute approximate surface area is 142 Å². The molecule has 1 heterocycles. The number of benzene rings is 1. The van der Waals surface area contributed by atoms with Crippen molar-refractivity contribution in [1.82, 2.24) is 14.9 Å². The lowest BCUT2D eigenvalue weighted by atomic mass is 9.95. The third-order valence-corrected chi connectivity index (χ3v) is 4.46. The van der Waals surface area contributed by atoms with Gasteiger partial charge in [0.25, 0.3) is 0 Å². The first-order chi connectivity index (χ1) is 11.6. The molecule has 0 fully saturated rings. The largest absolute Gasteiger partial charge is 0.332 e. The highest BCUT2D eigenvalue weighted by atomic mass is 16.2. The second-order valence-corrected chi connectivity index (χ2v) is 6.24. The van der Waals surface area contributed by atoms with Crippen molar-refractivity contribution in [2.75, 3.05) is 5.32 Å². The summed E-state index contributed by atoms with van der Waals surface area (Å²) in [6, 6.07) is 7.66. The molecule has 5 nitrogen and oxygen atoms in total. The van der Waals surface area contributed by atoms with E-state index in [1.807, 2.05) is 48.9 Å². The van der Waals surface area contributed by atoms with Crippen molar-refractivity contribution in [3.05, 3.63) is 54.1 Å². The molecule has 2 aromatic rings. The monoisotopic (exact) mass is 324 g/mol.